The van der Waals surface area contributed by atoms with Gasteiger partial charge in [-0.15, -0.1) is 0 Å². The monoisotopic (exact) mass is 443 g/mol. The lowest BCUT2D eigenvalue weighted by molar-refractivity contribution is 0.385. The van der Waals surface area contributed by atoms with Gasteiger partial charge in [0.25, 0.3) is 0 Å². The summed E-state index contributed by atoms with van der Waals surface area (Å²) in [5.74, 6) is 3.10. The molecule has 1 atom stereocenters. The molecule has 0 N–H and O–H groups in total. The largest absolute Gasteiger partial charge is 0.494 e. The van der Waals surface area contributed by atoms with E-state index >= 15 is 0 Å². The molecular formula is C18H23Br2NO2. The highest BCUT2D eigenvalue weighted by Crippen LogP contribution is 2.48. The number of allylic oxidation sites excluding steroid dienone is 2. The molecule has 0 amide bonds. The van der Waals surface area contributed by atoms with Crippen molar-refractivity contribution in [2.24, 2.45) is 5.92 Å². The summed E-state index contributed by atoms with van der Waals surface area (Å²) >= 11 is 7.07. The summed E-state index contributed by atoms with van der Waals surface area (Å²) in [5.41, 5.74) is 2.14. The third-order valence-electron chi connectivity index (χ3n) is 3.68. The average Bonchev–Trinajstić information content (AvgIpc) is 2.55. The smallest absolute Gasteiger partial charge is 0.156 e. The highest BCUT2D eigenvalue weighted by molar-refractivity contribution is 9.10. The molecule has 1 aromatic rings. The molecule has 1 aliphatic heterocycles. The summed E-state index contributed by atoms with van der Waals surface area (Å²) in [5, 5.41) is 0.881. The van der Waals surface area contributed by atoms with Crippen LogP contribution in [0.4, 0.5) is 5.69 Å². The second kappa shape index (κ2) is 8.25. The maximum Gasteiger partial charge on any atom is 0.156 e. The van der Waals surface area contributed by atoms with Gasteiger partial charge in [0.05, 0.1) is 12.8 Å². The van der Waals surface area contributed by atoms with Crippen LogP contribution in [0.5, 0.6) is 11.5 Å². The van der Waals surface area contributed by atoms with Gasteiger partial charge in [0.1, 0.15) is 17.2 Å². The first kappa shape index (κ1) is 18.4. The summed E-state index contributed by atoms with van der Waals surface area (Å²) in [7, 11) is 1.69. The molecule has 1 aliphatic carbocycles. The Morgan fingerprint density at radius 3 is 2.74 bits per heavy atom. The number of hydrogen-bond donors (Lipinski definition) is 0. The molecule has 3 rings (SSSR count). The number of benzene rings is 1. The maximum atomic E-state index is 6.13. The molecule has 0 bridgehead atoms. The number of anilines is 1. The summed E-state index contributed by atoms with van der Waals surface area (Å²) < 4.78 is 12.6. The fourth-order valence-electron chi connectivity index (χ4n) is 2.74. The zero-order valence-corrected chi connectivity index (χ0v) is 17.2. The van der Waals surface area contributed by atoms with Crippen LogP contribution in [-0.2, 0) is 0 Å². The van der Waals surface area contributed by atoms with E-state index in [4.69, 9.17) is 9.47 Å². The quantitative estimate of drug-likeness (QED) is 0.543. The van der Waals surface area contributed by atoms with Gasteiger partial charge in [-0.25, -0.2) is 0 Å². The zero-order chi connectivity index (χ0) is 17.0. The third-order valence-corrected chi connectivity index (χ3v) is 4.50. The average molecular weight is 445 g/mol. The summed E-state index contributed by atoms with van der Waals surface area (Å²) in [4.78, 5) is 2.27. The minimum absolute atomic E-state index is 0.505. The molecule has 23 heavy (non-hydrogen) atoms. The van der Waals surface area contributed by atoms with Gasteiger partial charge in [0.2, 0.25) is 0 Å². The fraction of sp³-hybridized carbons (Fsp3) is 0.444. The molecule has 0 spiro atoms. The Bertz CT molecular complexity index is 626. The Morgan fingerprint density at radius 1 is 1.35 bits per heavy atom. The van der Waals surface area contributed by atoms with E-state index < -0.39 is 0 Å². The highest BCUT2D eigenvalue weighted by atomic mass is 79.9. The van der Waals surface area contributed by atoms with Crippen molar-refractivity contribution in [1.29, 1.82) is 0 Å². The van der Waals surface area contributed by atoms with Crippen LogP contribution in [0.25, 0.3) is 0 Å². The lowest BCUT2D eigenvalue weighted by atomic mass is 9.98. The van der Waals surface area contributed by atoms with E-state index in [1.807, 2.05) is 26.0 Å². The molecule has 0 saturated carbocycles. The van der Waals surface area contributed by atoms with Crippen molar-refractivity contribution >= 4 is 37.5 Å². The van der Waals surface area contributed by atoms with Crippen LogP contribution >= 0.6 is 31.9 Å². The Kier molecular flexibility index (Phi) is 6.60. The Balaban J connectivity index is 0.000000924. The van der Waals surface area contributed by atoms with Gasteiger partial charge in [-0.3, -0.25) is 0 Å². The Labute approximate surface area is 155 Å². The molecule has 1 aromatic carbocycles. The van der Waals surface area contributed by atoms with Gasteiger partial charge < -0.3 is 14.4 Å². The van der Waals surface area contributed by atoms with Gasteiger partial charge in [0.15, 0.2) is 5.75 Å². The van der Waals surface area contributed by atoms with Gasteiger partial charge in [-0.1, -0.05) is 58.7 Å². The van der Waals surface area contributed by atoms with Crippen LogP contribution in [-0.4, -0.2) is 19.0 Å². The van der Waals surface area contributed by atoms with Crippen molar-refractivity contribution in [3.63, 3.8) is 0 Å². The Morgan fingerprint density at radius 2 is 2.09 bits per heavy atom. The molecule has 3 nitrogen and oxygen atoms in total. The lowest BCUT2D eigenvalue weighted by Crippen LogP contribution is -2.32. The number of rotatable bonds is 3. The van der Waals surface area contributed by atoms with E-state index in [1.54, 1.807) is 7.11 Å². The second-order valence-corrected chi connectivity index (χ2v) is 6.94. The van der Waals surface area contributed by atoms with E-state index in [2.05, 4.69) is 55.8 Å². The van der Waals surface area contributed by atoms with Gasteiger partial charge in [-0.05, 0) is 30.5 Å². The van der Waals surface area contributed by atoms with Crippen molar-refractivity contribution in [3.8, 4) is 11.5 Å². The number of alkyl halides is 1. The van der Waals surface area contributed by atoms with Crippen molar-refractivity contribution < 1.29 is 9.47 Å². The number of ether oxygens (including phenoxy) is 2. The molecule has 0 saturated heterocycles. The maximum absolute atomic E-state index is 6.13. The number of hydrogen-bond acceptors (Lipinski definition) is 3. The van der Waals surface area contributed by atoms with E-state index in [-0.39, 0.29) is 0 Å². The molecule has 2 aliphatic rings. The van der Waals surface area contributed by atoms with E-state index in [9.17, 15) is 0 Å². The van der Waals surface area contributed by atoms with Crippen molar-refractivity contribution in [2.75, 3.05) is 23.9 Å². The molecule has 126 valence electrons. The van der Waals surface area contributed by atoms with E-state index in [0.29, 0.717) is 5.92 Å². The Hall–Kier alpha value is -0.940. The third kappa shape index (κ3) is 3.77. The highest BCUT2D eigenvalue weighted by Gasteiger charge is 2.31. The number of fused-ring (bicyclic) bond motifs is 2. The molecule has 1 heterocycles. The van der Waals surface area contributed by atoms with E-state index in [1.165, 1.54) is 0 Å². The molecule has 1 unspecified atom stereocenters. The molecule has 5 heteroatoms. The van der Waals surface area contributed by atoms with Gasteiger partial charge >= 0.3 is 0 Å². The van der Waals surface area contributed by atoms with Gasteiger partial charge in [-0.2, -0.15) is 0 Å². The molecule has 0 aromatic heterocycles. The number of halogens is 2. The predicted octanol–water partition coefficient (Wildman–Crippen LogP) is 5.89. The first-order chi connectivity index (χ1) is 11.1. The van der Waals surface area contributed by atoms with Crippen LogP contribution in [0.2, 0.25) is 0 Å². The summed E-state index contributed by atoms with van der Waals surface area (Å²) in [6.45, 7) is 7.07. The van der Waals surface area contributed by atoms with Gasteiger partial charge in [0, 0.05) is 16.3 Å². The second-order valence-electron chi connectivity index (χ2n) is 5.23. The predicted molar refractivity (Wildman–Crippen MR) is 104 cm³/mol. The first-order valence-corrected chi connectivity index (χ1v) is 9.86. The topological polar surface area (TPSA) is 21.7 Å². The van der Waals surface area contributed by atoms with Crippen LogP contribution < -0.4 is 14.4 Å². The minimum Gasteiger partial charge on any atom is -0.494 e. The van der Waals surface area contributed by atoms with Crippen molar-refractivity contribution in [1.82, 2.24) is 0 Å². The molecule has 0 fully saturated rings. The normalized spacial score (nSPS) is 18.5. The molecular weight excluding hydrogens is 422 g/mol. The van der Waals surface area contributed by atoms with Crippen molar-refractivity contribution in [3.05, 3.63) is 40.2 Å². The zero-order valence-electron chi connectivity index (χ0n) is 14.0. The van der Waals surface area contributed by atoms with Crippen molar-refractivity contribution in [2.45, 2.75) is 27.2 Å². The van der Waals surface area contributed by atoms with Crippen LogP contribution in [0.1, 0.15) is 27.2 Å². The van der Waals surface area contributed by atoms with Crippen LogP contribution in [0.15, 0.2) is 40.2 Å². The fourth-order valence-corrected chi connectivity index (χ4v) is 3.52. The standard InChI is InChI=1S/C16H17Br2NO2.C2H6/c1-10-3-4-12-13(7-10)21-15-9-11(18)8-14(20-2)16(15)19(12)6-5-17;1-2/h4,7-10H,3,5-6H2,1-2H3;1-2H3. The minimum atomic E-state index is 0.505. The SMILES string of the molecule is CC.COc1cc(Br)cc2c1N(CCBr)C1=CCC(C)C=C1O2. The van der Waals surface area contributed by atoms with Crippen LogP contribution in [0.3, 0.4) is 0 Å². The van der Waals surface area contributed by atoms with Crippen LogP contribution in [0, 0.1) is 5.92 Å². The number of nitrogens with zero attached hydrogens (tertiary/aromatic N) is 1. The first-order valence-electron chi connectivity index (χ1n) is 7.95. The van der Waals surface area contributed by atoms with E-state index in [0.717, 1.165) is 51.4 Å². The number of methoxy groups -OCH3 is 1. The summed E-state index contributed by atoms with van der Waals surface area (Å²) in [6, 6.07) is 3.97. The summed E-state index contributed by atoms with van der Waals surface area (Å²) in [6.07, 6.45) is 5.50. The molecule has 0 radical (unpaired) electrons. The lowest BCUT2D eigenvalue weighted by Gasteiger charge is -2.37.